The molecule has 0 amide bonds. The van der Waals surface area contributed by atoms with Crippen LogP contribution in [0.25, 0.3) is 0 Å². The molecule has 4 heteroatoms. The first kappa shape index (κ1) is 10.6. The first-order chi connectivity index (χ1) is 6.27. The summed E-state index contributed by atoms with van der Waals surface area (Å²) in [5.41, 5.74) is 0. The van der Waals surface area contributed by atoms with E-state index in [0.717, 1.165) is 18.7 Å². The van der Waals surface area contributed by atoms with Crippen LogP contribution in [0.4, 0.5) is 0 Å². The van der Waals surface area contributed by atoms with Crippen molar-refractivity contribution < 1.29 is 9.15 Å². The second-order valence-corrected chi connectivity index (χ2v) is 3.13. The Bertz CT molecular complexity index is 250. The van der Waals surface area contributed by atoms with Crippen molar-refractivity contribution in [3.8, 4) is 0 Å². The van der Waals surface area contributed by atoms with Gasteiger partial charge in [-0.3, -0.25) is 0 Å². The van der Waals surface area contributed by atoms with E-state index in [9.17, 15) is 0 Å². The van der Waals surface area contributed by atoms with Crippen molar-refractivity contribution in [2.24, 2.45) is 0 Å². The molecule has 74 valence electrons. The fourth-order valence-corrected chi connectivity index (χ4v) is 1.31. The fraction of sp³-hybridized carbons (Fsp3) is 0.556. The third-order valence-corrected chi connectivity index (χ3v) is 2.06. The van der Waals surface area contributed by atoms with Crippen molar-refractivity contribution >= 4 is 11.6 Å². The molecule has 0 saturated heterocycles. The van der Waals surface area contributed by atoms with Gasteiger partial charge in [-0.2, -0.15) is 0 Å². The molecule has 0 spiro atoms. The van der Waals surface area contributed by atoms with Crippen molar-refractivity contribution in [3.05, 3.63) is 23.1 Å². The molecule has 1 rings (SSSR count). The number of ether oxygens (including phenoxy) is 1. The molecule has 3 nitrogen and oxygen atoms in total. The Morgan fingerprint density at radius 2 is 2.38 bits per heavy atom. The molecule has 0 saturated carbocycles. The van der Waals surface area contributed by atoms with Crippen LogP contribution in [0.15, 0.2) is 16.5 Å². The molecule has 13 heavy (non-hydrogen) atoms. The monoisotopic (exact) mass is 203 g/mol. The minimum Gasteiger partial charge on any atom is -0.447 e. The number of hydrogen-bond acceptors (Lipinski definition) is 3. The smallest absolute Gasteiger partial charge is 0.193 e. The second kappa shape index (κ2) is 5.27. The summed E-state index contributed by atoms with van der Waals surface area (Å²) in [7, 11) is 3.57. The zero-order valence-corrected chi connectivity index (χ0v) is 8.60. The zero-order valence-electron chi connectivity index (χ0n) is 7.84. The van der Waals surface area contributed by atoms with E-state index < -0.39 is 0 Å². The zero-order chi connectivity index (χ0) is 9.68. The number of halogens is 1. The highest BCUT2D eigenvalue weighted by Crippen LogP contribution is 2.24. The van der Waals surface area contributed by atoms with Gasteiger partial charge in [-0.1, -0.05) is 0 Å². The summed E-state index contributed by atoms with van der Waals surface area (Å²) in [6, 6.07) is 3.56. The summed E-state index contributed by atoms with van der Waals surface area (Å²) < 4.78 is 10.5. The van der Waals surface area contributed by atoms with E-state index in [0.29, 0.717) is 5.22 Å². The summed E-state index contributed by atoms with van der Waals surface area (Å²) in [4.78, 5) is 0. The van der Waals surface area contributed by atoms with Crippen molar-refractivity contribution in [1.29, 1.82) is 0 Å². The molecule has 0 aliphatic rings. The highest BCUT2D eigenvalue weighted by atomic mass is 35.5. The number of nitrogens with one attached hydrogen (secondary N) is 1. The molecule has 1 aromatic heterocycles. The summed E-state index contributed by atoms with van der Waals surface area (Å²) >= 11 is 5.66. The van der Waals surface area contributed by atoms with Gasteiger partial charge in [0.1, 0.15) is 11.9 Å². The summed E-state index contributed by atoms with van der Waals surface area (Å²) in [6.07, 6.45) is 0.858. The molecular weight excluding hydrogens is 190 g/mol. The predicted octanol–water partition coefficient (Wildman–Crippen LogP) is 2.23. The van der Waals surface area contributed by atoms with Gasteiger partial charge in [0.25, 0.3) is 0 Å². The lowest BCUT2D eigenvalue weighted by Gasteiger charge is -2.11. The van der Waals surface area contributed by atoms with Crippen molar-refractivity contribution in [2.75, 3.05) is 20.7 Å². The molecule has 0 aromatic carbocycles. The van der Waals surface area contributed by atoms with Gasteiger partial charge in [-0.15, -0.1) is 0 Å². The van der Waals surface area contributed by atoms with E-state index in [-0.39, 0.29) is 6.10 Å². The van der Waals surface area contributed by atoms with Crippen LogP contribution in [0.2, 0.25) is 5.22 Å². The molecule has 0 aliphatic carbocycles. The number of rotatable bonds is 5. The molecule has 1 heterocycles. The molecular formula is C9H14ClNO2. The quantitative estimate of drug-likeness (QED) is 0.797. The lowest BCUT2D eigenvalue weighted by Crippen LogP contribution is -2.12. The van der Waals surface area contributed by atoms with Gasteiger partial charge in [0.15, 0.2) is 5.22 Å². The summed E-state index contributed by atoms with van der Waals surface area (Å²) in [5.74, 6) is 0.780. The Morgan fingerprint density at radius 3 is 2.85 bits per heavy atom. The summed E-state index contributed by atoms with van der Waals surface area (Å²) in [5, 5.41) is 3.46. The van der Waals surface area contributed by atoms with E-state index >= 15 is 0 Å². The van der Waals surface area contributed by atoms with Gasteiger partial charge in [0.2, 0.25) is 0 Å². The lowest BCUT2D eigenvalue weighted by atomic mass is 10.2. The van der Waals surface area contributed by atoms with E-state index in [1.54, 1.807) is 13.2 Å². The Labute approximate surface area is 83.0 Å². The first-order valence-electron chi connectivity index (χ1n) is 4.20. The molecule has 1 unspecified atom stereocenters. The lowest BCUT2D eigenvalue weighted by molar-refractivity contribution is 0.0773. The van der Waals surface area contributed by atoms with Gasteiger partial charge >= 0.3 is 0 Å². The van der Waals surface area contributed by atoms with E-state index in [1.165, 1.54) is 0 Å². The van der Waals surface area contributed by atoms with Gasteiger partial charge in [0, 0.05) is 7.11 Å². The summed E-state index contributed by atoms with van der Waals surface area (Å²) in [6.45, 7) is 0.886. The van der Waals surface area contributed by atoms with Gasteiger partial charge < -0.3 is 14.5 Å². The molecule has 0 aliphatic heterocycles. The second-order valence-electron chi connectivity index (χ2n) is 2.76. The Morgan fingerprint density at radius 1 is 1.62 bits per heavy atom. The average Bonchev–Trinajstić information content (AvgIpc) is 2.54. The Kier molecular flexibility index (Phi) is 4.28. The van der Waals surface area contributed by atoms with Crippen molar-refractivity contribution in [1.82, 2.24) is 5.32 Å². The van der Waals surface area contributed by atoms with Gasteiger partial charge in [0.05, 0.1) is 0 Å². The molecule has 0 radical (unpaired) electrons. The maximum absolute atomic E-state index is 5.66. The standard InChI is InChI=1S/C9H14ClNO2/c1-11-6-5-7(12-2)8-3-4-9(10)13-8/h3-4,7,11H,5-6H2,1-2H3. The molecule has 1 atom stereocenters. The molecule has 0 bridgehead atoms. The van der Waals surface area contributed by atoms with Crippen molar-refractivity contribution in [3.63, 3.8) is 0 Å². The van der Waals surface area contributed by atoms with Gasteiger partial charge in [-0.05, 0) is 43.7 Å². The van der Waals surface area contributed by atoms with Crippen LogP contribution >= 0.6 is 11.6 Å². The highest BCUT2D eigenvalue weighted by molar-refractivity contribution is 6.28. The number of furan rings is 1. The van der Waals surface area contributed by atoms with Crippen LogP contribution in [0.3, 0.4) is 0 Å². The topological polar surface area (TPSA) is 34.4 Å². The van der Waals surface area contributed by atoms with Crippen LogP contribution in [-0.2, 0) is 4.74 Å². The fourth-order valence-electron chi connectivity index (χ4n) is 1.15. The largest absolute Gasteiger partial charge is 0.447 e. The molecule has 1 N–H and O–H groups in total. The number of hydrogen-bond donors (Lipinski definition) is 1. The number of methoxy groups -OCH3 is 1. The van der Waals surface area contributed by atoms with Crippen LogP contribution < -0.4 is 5.32 Å². The van der Waals surface area contributed by atoms with Crippen molar-refractivity contribution in [2.45, 2.75) is 12.5 Å². The third kappa shape index (κ3) is 3.03. The minimum absolute atomic E-state index is 0.0139. The van der Waals surface area contributed by atoms with Crippen LogP contribution in [0.5, 0.6) is 0 Å². The van der Waals surface area contributed by atoms with Crippen LogP contribution in [0, 0.1) is 0 Å². The average molecular weight is 204 g/mol. The maximum atomic E-state index is 5.66. The van der Waals surface area contributed by atoms with E-state index in [1.807, 2.05) is 13.1 Å². The van der Waals surface area contributed by atoms with Crippen LogP contribution in [-0.4, -0.2) is 20.7 Å². The normalized spacial score (nSPS) is 13.2. The first-order valence-corrected chi connectivity index (χ1v) is 4.58. The minimum atomic E-state index is -0.0139. The van der Waals surface area contributed by atoms with Crippen LogP contribution in [0.1, 0.15) is 18.3 Å². The molecule has 0 fully saturated rings. The van der Waals surface area contributed by atoms with E-state index in [2.05, 4.69) is 5.32 Å². The SMILES string of the molecule is CNCCC(OC)c1ccc(Cl)o1. The maximum Gasteiger partial charge on any atom is 0.193 e. The Hall–Kier alpha value is -0.510. The van der Waals surface area contributed by atoms with Gasteiger partial charge in [-0.25, -0.2) is 0 Å². The Balaban J connectivity index is 2.56. The predicted molar refractivity (Wildman–Crippen MR) is 52.0 cm³/mol. The highest BCUT2D eigenvalue weighted by Gasteiger charge is 2.13. The molecule has 1 aromatic rings. The van der Waals surface area contributed by atoms with E-state index in [4.69, 9.17) is 20.8 Å². The third-order valence-electron chi connectivity index (χ3n) is 1.85.